The molecule has 8 heteroatoms. The van der Waals surface area contributed by atoms with E-state index < -0.39 is 18.9 Å². The predicted octanol–water partition coefficient (Wildman–Crippen LogP) is 4.47. The van der Waals surface area contributed by atoms with Gasteiger partial charge in [-0.25, -0.2) is 4.79 Å². The molecule has 1 aliphatic heterocycles. The molecule has 2 rings (SSSR count). The van der Waals surface area contributed by atoms with Crippen LogP contribution in [0, 0.1) is 11.8 Å². The summed E-state index contributed by atoms with van der Waals surface area (Å²) < 4.78 is 40.7. The number of alkyl halides is 3. The predicted molar refractivity (Wildman–Crippen MR) is 103 cm³/mol. The Morgan fingerprint density at radius 1 is 1.14 bits per heavy atom. The Morgan fingerprint density at radius 2 is 1.72 bits per heavy atom. The Morgan fingerprint density at radius 3 is 2.24 bits per heavy atom. The maximum absolute atomic E-state index is 12.5. The van der Waals surface area contributed by atoms with Crippen molar-refractivity contribution in [3.05, 3.63) is 35.4 Å². The number of likely N-dealkylation sites (tertiary alicyclic amines) is 1. The Hall–Kier alpha value is -2.25. The molecule has 1 aromatic rings. The van der Waals surface area contributed by atoms with Crippen LogP contribution in [-0.2, 0) is 16.0 Å². The van der Waals surface area contributed by atoms with Gasteiger partial charge in [-0.1, -0.05) is 38.1 Å². The minimum absolute atomic E-state index is 0.105. The van der Waals surface area contributed by atoms with Crippen LogP contribution < -0.4 is 5.32 Å². The number of amides is 2. The summed E-state index contributed by atoms with van der Waals surface area (Å²) in [5, 5.41) is 2.99. The molecule has 0 bridgehead atoms. The van der Waals surface area contributed by atoms with E-state index >= 15 is 0 Å². The lowest BCUT2D eigenvalue weighted by Crippen LogP contribution is -2.44. The third kappa shape index (κ3) is 7.59. The van der Waals surface area contributed by atoms with E-state index in [0.717, 1.165) is 12.0 Å². The average molecular weight is 414 g/mol. The van der Waals surface area contributed by atoms with Crippen LogP contribution in [0.2, 0.25) is 0 Å². The summed E-state index contributed by atoms with van der Waals surface area (Å²) in [4.78, 5) is 25.4. The van der Waals surface area contributed by atoms with E-state index in [1.807, 2.05) is 19.1 Å². The lowest BCUT2D eigenvalue weighted by atomic mass is 9.95. The number of halogens is 3. The van der Waals surface area contributed by atoms with Gasteiger partial charge in [0.25, 0.3) is 0 Å². The monoisotopic (exact) mass is 414 g/mol. The molecule has 2 amide bonds. The first-order chi connectivity index (χ1) is 13.5. The molecule has 0 aromatic heterocycles. The van der Waals surface area contributed by atoms with Gasteiger partial charge >= 0.3 is 12.3 Å². The maximum Gasteiger partial charge on any atom is 0.422 e. The molecule has 0 spiro atoms. The molecule has 0 saturated carbocycles. The SMILES string of the molecule is CC(C)Cc1ccc(C(C)NC(=O)C2CCN(C(=O)OCC(F)(F)F)CC2)cc1. The quantitative estimate of drug-likeness (QED) is 0.747. The summed E-state index contributed by atoms with van der Waals surface area (Å²) in [6.45, 7) is 5.05. The smallest absolute Gasteiger partial charge is 0.422 e. The van der Waals surface area contributed by atoms with Crippen LogP contribution in [0.3, 0.4) is 0 Å². The van der Waals surface area contributed by atoms with Crippen molar-refractivity contribution in [3.63, 3.8) is 0 Å². The fourth-order valence-corrected chi connectivity index (χ4v) is 3.39. The van der Waals surface area contributed by atoms with Crippen molar-refractivity contribution >= 4 is 12.0 Å². The standard InChI is InChI=1S/C21H29F3N2O3/c1-14(2)12-16-4-6-17(7-5-16)15(3)25-19(27)18-8-10-26(11-9-18)20(28)29-13-21(22,23)24/h4-7,14-15,18H,8-13H2,1-3H3,(H,25,27). The molecule has 0 aliphatic carbocycles. The number of carbonyl (C=O) groups excluding carboxylic acids is 2. The van der Waals surface area contributed by atoms with Gasteiger partial charge in [0.05, 0.1) is 6.04 Å². The molecule has 5 nitrogen and oxygen atoms in total. The van der Waals surface area contributed by atoms with E-state index in [0.29, 0.717) is 18.8 Å². The molecule has 1 aromatic carbocycles. The van der Waals surface area contributed by atoms with Crippen molar-refractivity contribution in [1.29, 1.82) is 0 Å². The van der Waals surface area contributed by atoms with E-state index in [9.17, 15) is 22.8 Å². The molecule has 0 radical (unpaired) electrons. The van der Waals surface area contributed by atoms with Crippen LogP contribution in [0.5, 0.6) is 0 Å². The lowest BCUT2D eigenvalue weighted by molar-refractivity contribution is -0.162. The summed E-state index contributed by atoms with van der Waals surface area (Å²) in [5.41, 5.74) is 2.27. The Bertz CT molecular complexity index is 681. The van der Waals surface area contributed by atoms with Crippen molar-refractivity contribution < 1.29 is 27.5 Å². The number of benzene rings is 1. The number of nitrogens with one attached hydrogen (secondary N) is 1. The molecule has 29 heavy (non-hydrogen) atoms. The third-order valence-corrected chi connectivity index (χ3v) is 4.97. The van der Waals surface area contributed by atoms with Crippen LogP contribution >= 0.6 is 0 Å². The lowest BCUT2D eigenvalue weighted by Gasteiger charge is -2.31. The highest BCUT2D eigenvalue weighted by Crippen LogP contribution is 2.22. The first-order valence-corrected chi connectivity index (χ1v) is 9.93. The van der Waals surface area contributed by atoms with Gasteiger partial charge in [-0.15, -0.1) is 0 Å². The van der Waals surface area contributed by atoms with Crippen molar-refractivity contribution in [2.24, 2.45) is 11.8 Å². The maximum atomic E-state index is 12.5. The zero-order chi connectivity index (χ0) is 21.6. The Labute approximate surface area is 169 Å². The van der Waals surface area contributed by atoms with Crippen LogP contribution in [0.1, 0.15) is 50.8 Å². The van der Waals surface area contributed by atoms with E-state index in [1.165, 1.54) is 10.5 Å². The number of carbonyl (C=O) groups is 2. The molecule has 1 aliphatic rings. The third-order valence-electron chi connectivity index (χ3n) is 4.97. The Kier molecular flexibility index (Phi) is 7.93. The van der Waals surface area contributed by atoms with E-state index in [1.54, 1.807) is 0 Å². The molecular weight excluding hydrogens is 385 g/mol. The van der Waals surface area contributed by atoms with Gasteiger partial charge in [0.15, 0.2) is 6.61 Å². The van der Waals surface area contributed by atoms with Crippen molar-refractivity contribution in [1.82, 2.24) is 10.2 Å². The molecular formula is C21H29F3N2O3. The van der Waals surface area contributed by atoms with E-state index in [4.69, 9.17) is 0 Å². The van der Waals surface area contributed by atoms with Crippen molar-refractivity contribution in [3.8, 4) is 0 Å². The summed E-state index contributed by atoms with van der Waals surface area (Å²) in [6, 6.07) is 8.03. The van der Waals surface area contributed by atoms with Gasteiger partial charge in [-0.05, 0) is 43.2 Å². The molecule has 1 saturated heterocycles. The first-order valence-electron chi connectivity index (χ1n) is 9.93. The van der Waals surface area contributed by atoms with Gasteiger partial charge < -0.3 is 15.0 Å². The van der Waals surface area contributed by atoms with Gasteiger partial charge in [-0.2, -0.15) is 13.2 Å². The van der Waals surface area contributed by atoms with Crippen molar-refractivity contribution in [2.75, 3.05) is 19.7 Å². The van der Waals surface area contributed by atoms with E-state index in [-0.39, 0.29) is 31.0 Å². The largest absolute Gasteiger partial charge is 0.440 e. The minimum Gasteiger partial charge on any atom is -0.440 e. The zero-order valence-corrected chi connectivity index (χ0v) is 17.1. The van der Waals surface area contributed by atoms with Crippen LogP contribution in [0.25, 0.3) is 0 Å². The topological polar surface area (TPSA) is 58.6 Å². The molecule has 1 unspecified atom stereocenters. The number of piperidine rings is 1. The fraction of sp³-hybridized carbons (Fsp3) is 0.619. The molecule has 162 valence electrons. The van der Waals surface area contributed by atoms with Gasteiger partial charge in [0, 0.05) is 19.0 Å². The molecule has 1 heterocycles. The summed E-state index contributed by atoms with van der Waals surface area (Å²) >= 11 is 0. The number of rotatable bonds is 6. The summed E-state index contributed by atoms with van der Waals surface area (Å²) in [6.07, 6.45) is -3.74. The first kappa shape index (κ1) is 23.0. The zero-order valence-electron chi connectivity index (χ0n) is 17.1. The second-order valence-corrected chi connectivity index (χ2v) is 8.00. The second kappa shape index (κ2) is 9.98. The number of ether oxygens (including phenoxy) is 1. The number of hydrogen-bond acceptors (Lipinski definition) is 3. The minimum atomic E-state index is -4.54. The van der Waals surface area contributed by atoms with Crippen LogP contribution in [-0.4, -0.2) is 42.8 Å². The summed E-state index contributed by atoms with van der Waals surface area (Å²) in [7, 11) is 0. The fourth-order valence-electron chi connectivity index (χ4n) is 3.39. The number of nitrogens with zero attached hydrogens (tertiary/aromatic N) is 1. The second-order valence-electron chi connectivity index (χ2n) is 8.00. The molecule has 1 fully saturated rings. The highest BCUT2D eigenvalue weighted by molar-refractivity contribution is 5.79. The highest BCUT2D eigenvalue weighted by Gasteiger charge is 2.33. The normalized spacial score (nSPS) is 16.6. The van der Waals surface area contributed by atoms with Crippen molar-refractivity contribution in [2.45, 2.75) is 52.3 Å². The van der Waals surface area contributed by atoms with E-state index in [2.05, 4.69) is 36.0 Å². The van der Waals surface area contributed by atoms with Gasteiger partial charge in [0.2, 0.25) is 5.91 Å². The van der Waals surface area contributed by atoms with Crippen LogP contribution in [0.15, 0.2) is 24.3 Å². The number of hydrogen-bond donors (Lipinski definition) is 1. The van der Waals surface area contributed by atoms with Crippen LogP contribution in [0.4, 0.5) is 18.0 Å². The van der Waals surface area contributed by atoms with Gasteiger partial charge in [-0.3, -0.25) is 4.79 Å². The average Bonchev–Trinajstić information content (AvgIpc) is 2.65. The summed E-state index contributed by atoms with van der Waals surface area (Å²) in [5.74, 6) is 0.200. The molecule has 1 atom stereocenters. The highest BCUT2D eigenvalue weighted by atomic mass is 19.4. The molecule has 1 N–H and O–H groups in total. The Balaban J connectivity index is 1.79. The van der Waals surface area contributed by atoms with Gasteiger partial charge in [0.1, 0.15) is 0 Å².